The molecule has 2 heterocycles. The van der Waals surface area contributed by atoms with Crippen molar-refractivity contribution >= 4 is 12.0 Å². The molecule has 1 atom stereocenters. The van der Waals surface area contributed by atoms with Crippen LogP contribution in [0.2, 0.25) is 0 Å². The molecule has 108 valence electrons. The number of urea groups is 1. The molecule has 0 bridgehead atoms. The number of likely N-dealkylation sites (tertiary alicyclic amines) is 1. The van der Waals surface area contributed by atoms with E-state index >= 15 is 0 Å². The summed E-state index contributed by atoms with van der Waals surface area (Å²) in [5, 5.41) is 8.75. The van der Waals surface area contributed by atoms with Gasteiger partial charge in [-0.3, -0.25) is 9.69 Å². The number of carboxylic acids is 1. The topological polar surface area (TPSA) is 64.1 Å². The van der Waals surface area contributed by atoms with E-state index in [1.807, 2.05) is 14.7 Å². The molecule has 2 amide bonds. The maximum Gasteiger partial charge on any atom is 0.320 e. The Balaban J connectivity index is 1.83. The van der Waals surface area contributed by atoms with Crippen LogP contribution in [0.4, 0.5) is 4.79 Å². The van der Waals surface area contributed by atoms with Gasteiger partial charge in [-0.2, -0.15) is 0 Å². The molecule has 2 rings (SSSR count). The molecule has 0 aromatic heterocycles. The third kappa shape index (κ3) is 3.37. The molecule has 2 fully saturated rings. The summed E-state index contributed by atoms with van der Waals surface area (Å²) in [7, 11) is 0. The number of aliphatic carboxylic acids is 1. The highest BCUT2D eigenvalue weighted by molar-refractivity contribution is 5.75. The maximum absolute atomic E-state index is 12.4. The first-order valence-corrected chi connectivity index (χ1v) is 7.11. The van der Waals surface area contributed by atoms with Crippen molar-refractivity contribution in [3.63, 3.8) is 0 Å². The van der Waals surface area contributed by atoms with Gasteiger partial charge in [0, 0.05) is 38.8 Å². The van der Waals surface area contributed by atoms with Crippen molar-refractivity contribution in [2.45, 2.75) is 32.2 Å². The van der Waals surface area contributed by atoms with Crippen molar-refractivity contribution in [3.05, 3.63) is 0 Å². The highest BCUT2D eigenvalue weighted by Crippen LogP contribution is 2.21. The second kappa shape index (κ2) is 6.23. The molecule has 1 unspecified atom stereocenters. The van der Waals surface area contributed by atoms with Crippen LogP contribution in [0.1, 0.15) is 26.2 Å². The Labute approximate surface area is 114 Å². The van der Waals surface area contributed by atoms with E-state index in [4.69, 9.17) is 5.11 Å². The second-order valence-corrected chi connectivity index (χ2v) is 5.34. The van der Waals surface area contributed by atoms with E-state index in [1.54, 1.807) is 0 Å². The summed E-state index contributed by atoms with van der Waals surface area (Å²) >= 11 is 0. The van der Waals surface area contributed by atoms with Crippen molar-refractivity contribution in [2.24, 2.45) is 0 Å². The van der Waals surface area contributed by atoms with Crippen LogP contribution in [-0.4, -0.2) is 77.1 Å². The fourth-order valence-electron chi connectivity index (χ4n) is 2.98. The van der Waals surface area contributed by atoms with Gasteiger partial charge in [-0.05, 0) is 19.3 Å². The average Bonchev–Trinajstić information content (AvgIpc) is 2.86. The Morgan fingerprint density at radius 1 is 1.16 bits per heavy atom. The van der Waals surface area contributed by atoms with Gasteiger partial charge in [0.15, 0.2) is 0 Å². The van der Waals surface area contributed by atoms with Crippen LogP contribution in [0.5, 0.6) is 0 Å². The molecule has 0 saturated carbocycles. The SMILES string of the molecule is CCC1CCCN1C(=O)N1CCN(CC(=O)O)CC1. The minimum atomic E-state index is -0.801. The fraction of sp³-hybridized carbons (Fsp3) is 0.846. The number of carbonyl (C=O) groups is 2. The molecule has 0 aromatic carbocycles. The Hall–Kier alpha value is -1.30. The van der Waals surface area contributed by atoms with E-state index in [0.29, 0.717) is 32.2 Å². The summed E-state index contributed by atoms with van der Waals surface area (Å²) in [5.74, 6) is -0.801. The van der Waals surface area contributed by atoms with E-state index in [1.165, 1.54) is 0 Å². The second-order valence-electron chi connectivity index (χ2n) is 5.34. The lowest BCUT2D eigenvalue weighted by Crippen LogP contribution is -2.54. The van der Waals surface area contributed by atoms with Crippen LogP contribution < -0.4 is 0 Å². The predicted molar refractivity (Wildman–Crippen MR) is 71.1 cm³/mol. The number of rotatable bonds is 3. The standard InChI is InChI=1S/C13H23N3O3/c1-2-11-4-3-5-16(11)13(19)15-8-6-14(7-9-15)10-12(17)18/h11H,2-10H2,1H3,(H,17,18). The molecule has 6 nitrogen and oxygen atoms in total. The molecule has 0 aromatic rings. The maximum atomic E-state index is 12.4. The van der Waals surface area contributed by atoms with Gasteiger partial charge in [-0.15, -0.1) is 0 Å². The Kier molecular flexibility index (Phi) is 4.63. The van der Waals surface area contributed by atoms with Gasteiger partial charge >= 0.3 is 12.0 Å². The van der Waals surface area contributed by atoms with E-state index in [2.05, 4.69) is 6.92 Å². The lowest BCUT2D eigenvalue weighted by molar-refractivity contribution is -0.138. The van der Waals surface area contributed by atoms with Crippen LogP contribution >= 0.6 is 0 Å². The third-order valence-electron chi connectivity index (χ3n) is 4.10. The summed E-state index contributed by atoms with van der Waals surface area (Å²) in [6.07, 6.45) is 3.23. The molecule has 2 saturated heterocycles. The molecular weight excluding hydrogens is 246 g/mol. The first-order chi connectivity index (χ1) is 9.11. The number of carbonyl (C=O) groups excluding carboxylic acids is 1. The van der Waals surface area contributed by atoms with Gasteiger partial charge in [-0.1, -0.05) is 6.92 Å². The summed E-state index contributed by atoms with van der Waals surface area (Å²) in [4.78, 5) is 28.8. The van der Waals surface area contributed by atoms with Crippen molar-refractivity contribution in [1.29, 1.82) is 0 Å². The molecule has 19 heavy (non-hydrogen) atoms. The normalized spacial score (nSPS) is 24.8. The van der Waals surface area contributed by atoms with Crippen molar-refractivity contribution in [2.75, 3.05) is 39.3 Å². The quantitative estimate of drug-likeness (QED) is 0.818. The lowest BCUT2D eigenvalue weighted by atomic mass is 10.2. The molecule has 6 heteroatoms. The summed E-state index contributed by atoms with van der Waals surface area (Å²) in [6, 6.07) is 0.531. The number of hydrogen-bond donors (Lipinski definition) is 1. The van der Waals surface area contributed by atoms with Gasteiger partial charge in [-0.25, -0.2) is 4.79 Å². The number of piperazine rings is 1. The third-order valence-corrected chi connectivity index (χ3v) is 4.10. The number of hydrogen-bond acceptors (Lipinski definition) is 3. The zero-order valence-corrected chi connectivity index (χ0v) is 11.5. The van der Waals surface area contributed by atoms with Gasteiger partial charge in [0.05, 0.1) is 6.54 Å². The highest BCUT2D eigenvalue weighted by atomic mass is 16.4. The van der Waals surface area contributed by atoms with E-state index < -0.39 is 5.97 Å². The Morgan fingerprint density at radius 2 is 1.84 bits per heavy atom. The number of carboxylic acid groups (broad SMARTS) is 1. The first kappa shape index (κ1) is 14.1. The van der Waals surface area contributed by atoms with E-state index in [9.17, 15) is 9.59 Å². The van der Waals surface area contributed by atoms with Crippen molar-refractivity contribution in [3.8, 4) is 0 Å². The first-order valence-electron chi connectivity index (χ1n) is 7.11. The van der Waals surface area contributed by atoms with Crippen LogP contribution in [-0.2, 0) is 4.79 Å². The monoisotopic (exact) mass is 269 g/mol. The van der Waals surface area contributed by atoms with Gasteiger partial charge < -0.3 is 14.9 Å². The zero-order chi connectivity index (χ0) is 13.8. The van der Waals surface area contributed by atoms with Crippen molar-refractivity contribution in [1.82, 2.24) is 14.7 Å². The minimum absolute atomic E-state index is 0.0727. The summed E-state index contributed by atoms with van der Waals surface area (Å²) < 4.78 is 0. The largest absolute Gasteiger partial charge is 0.480 e. The molecule has 0 radical (unpaired) electrons. The van der Waals surface area contributed by atoms with Gasteiger partial charge in [0.25, 0.3) is 0 Å². The minimum Gasteiger partial charge on any atom is -0.480 e. The summed E-state index contributed by atoms with van der Waals surface area (Å²) in [6.45, 7) is 5.65. The number of nitrogens with zero attached hydrogens (tertiary/aromatic N) is 3. The molecule has 1 N–H and O–H groups in total. The Bertz CT molecular complexity index is 340. The van der Waals surface area contributed by atoms with Gasteiger partial charge in [0.2, 0.25) is 0 Å². The molecule has 2 aliphatic heterocycles. The molecular formula is C13H23N3O3. The highest BCUT2D eigenvalue weighted by Gasteiger charge is 2.32. The molecule has 2 aliphatic rings. The molecule has 0 spiro atoms. The van der Waals surface area contributed by atoms with Crippen molar-refractivity contribution < 1.29 is 14.7 Å². The molecule has 0 aliphatic carbocycles. The van der Waals surface area contributed by atoms with Crippen LogP contribution in [0.3, 0.4) is 0 Å². The Morgan fingerprint density at radius 3 is 2.42 bits per heavy atom. The van der Waals surface area contributed by atoms with Crippen LogP contribution in [0, 0.1) is 0 Å². The lowest BCUT2D eigenvalue weighted by Gasteiger charge is -2.37. The van der Waals surface area contributed by atoms with Crippen LogP contribution in [0.25, 0.3) is 0 Å². The van der Waals surface area contributed by atoms with Gasteiger partial charge in [0.1, 0.15) is 0 Å². The average molecular weight is 269 g/mol. The zero-order valence-electron chi connectivity index (χ0n) is 11.5. The van der Waals surface area contributed by atoms with E-state index in [0.717, 1.165) is 25.8 Å². The number of amides is 2. The predicted octanol–water partition coefficient (Wildman–Crippen LogP) is 0.683. The van der Waals surface area contributed by atoms with E-state index in [-0.39, 0.29) is 12.6 Å². The fourth-order valence-corrected chi connectivity index (χ4v) is 2.98. The summed E-state index contributed by atoms with van der Waals surface area (Å²) in [5.41, 5.74) is 0. The van der Waals surface area contributed by atoms with Crippen LogP contribution in [0.15, 0.2) is 0 Å². The smallest absolute Gasteiger partial charge is 0.320 e.